The molecular weight excluding hydrogens is 264 g/mol. The molecule has 104 valence electrons. The minimum atomic E-state index is 1.01. The molecule has 0 saturated carbocycles. The Kier molecular flexibility index (Phi) is 2.42. The molecule has 2 aliphatic rings. The Balaban J connectivity index is 2.23. The third kappa shape index (κ3) is 1.52. The molecule has 0 N–H and O–H groups in total. The maximum atomic E-state index is 2.34. The first kappa shape index (κ1) is 12.0. The van der Waals surface area contributed by atoms with Gasteiger partial charge in [-0.3, -0.25) is 0 Å². The minimum Gasteiger partial charge on any atom is -0.0801 e. The van der Waals surface area contributed by atoms with Crippen molar-refractivity contribution >= 4 is 39.8 Å². The van der Waals surface area contributed by atoms with Crippen molar-refractivity contribution in [2.24, 2.45) is 0 Å². The molecule has 5 rings (SSSR count). The lowest BCUT2D eigenvalue weighted by molar-refractivity contribution is 1.31. The minimum absolute atomic E-state index is 1.01. The summed E-state index contributed by atoms with van der Waals surface area (Å²) in [5, 5.41) is 8.35. The van der Waals surface area contributed by atoms with Gasteiger partial charge in [-0.25, -0.2) is 0 Å². The van der Waals surface area contributed by atoms with Gasteiger partial charge in [0, 0.05) is 0 Å². The third-order valence-electron chi connectivity index (χ3n) is 4.86. The first-order valence-corrected chi connectivity index (χ1v) is 7.93. The zero-order valence-corrected chi connectivity index (χ0v) is 12.3. The summed E-state index contributed by atoms with van der Waals surface area (Å²) in [6, 6.07) is 13.5. The Bertz CT molecular complexity index is 1110. The molecule has 0 heterocycles. The topological polar surface area (TPSA) is 0 Å². The summed E-state index contributed by atoms with van der Waals surface area (Å²) >= 11 is 0. The maximum absolute atomic E-state index is 2.34. The zero-order valence-electron chi connectivity index (χ0n) is 12.3. The molecule has 3 aromatic rings. The van der Waals surface area contributed by atoms with Crippen molar-refractivity contribution in [2.45, 2.75) is 12.8 Å². The van der Waals surface area contributed by atoms with Crippen molar-refractivity contribution in [1.29, 1.82) is 0 Å². The molecule has 0 spiro atoms. The molecule has 0 fully saturated rings. The van der Waals surface area contributed by atoms with Gasteiger partial charge in [-0.05, 0) is 56.0 Å². The summed E-state index contributed by atoms with van der Waals surface area (Å²) < 4.78 is 0. The van der Waals surface area contributed by atoms with E-state index in [2.05, 4.69) is 72.9 Å². The first-order chi connectivity index (χ1) is 10.9. The van der Waals surface area contributed by atoms with E-state index in [0.29, 0.717) is 0 Å². The molecule has 0 aromatic heterocycles. The van der Waals surface area contributed by atoms with E-state index in [1.807, 2.05) is 0 Å². The zero-order chi connectivity index (χ0) is 14.5. The highest BCUT2D eigenvalue weighted by Gasteiger charge is 2.13. The Morgan fingerprint density at radius 2 is 1.68 bits per heavy atom. The quantitative estimate of drug-likeness (QED) is 0.544. The molecule has 3 aromatic carbocycles. The van der Waals surface area contributed by atoms with Crippen LogP contribution in [0.3, 0.4) is 0 Å². The number of benzene rings is 3. The summed E-state index contributed by atoms with van der Waals surface area (Å²) in [5.41, 5.74) is 2.81. The van der Waals surface area contributed by atoms with Crippen molar-refractivity contribution in [3.8, 4) is 0 Å². The largest absolute Gasteiger partial charge is 0.0801 e. The first-order valence-electron chi connectivity index (χ1n) is 7.93. The molecule has 0 atom stereocenters. The Morgan fingerprint density at radius 3 is 2.64 bits per heavy atom. The lowest BCUT2D eigenvalue weighted by atomic mass is 9.91. The van der Waals surface area contributed by atoms with Gasteiger partial charge in [-0.1, -0.05) is 72.9 Å². The number of allylic oxidation sites excluding steroid dienone is 3. The summed E-state index contributed by atoms with van der Waals surface area (Å²) in [7, 11) is 0. The lowest BCUT2D eigenvalue weighted by Crippen LogP contribution is -2.14. The SMILES string of the molecule is C1=CCc2cccc3c2c(c2c4c(cccc43)=CCC=C2)=C1. The van der Waals surface area contributed by atoms with Crippen LogP contribution in [0.2, 0.25) is 0 Å². The summed E-state index contributed by atoms with van der Waals surface area (Å²) in [4.78, 5) is 0. The van der Waals surface area contributed by atoms with Crippen LogP contribution >= 0.6 is 0 Å². The van der Waals surface area contributed by atoms with Crippen LogP contribution in [0.15, 0.2) is 54.6 Å². The average molecular weight is 280 g/mol. The van der Waals surface area contributed by atoms with Gasteiger partial charge < -0.3 is 0 Å². The molecule has 0 amide bonds. The molecule has 0 aliphatic heterocycles. The highest BCUT2D eigenvalue weighted by Crippen LogP contribution is 2.28. The molecule has 0 nitrogen and oxygen atoms in total. The second kappa shape index (κ2) is 4.45. The number of hydrogen-bond donors (Lipinski definition) is 0. The van der Waals surface area contributed by atoms with E-state index in [1.165, 1.54) is 43.1 Å². The maximum Gasteiger partial charge on any atom is -0.00296 e. The van der Waals surface area contributed by atoms with Crippen LogP contribution in [-0.4, -0.2) is 0 Å². The fourth-order valence-electron chi connectivity index (χ4n) is 3.93. The van der Waals surface area contributed by atoms with E-state index in [-0.39, 0.29) is 0 Å². The lowest BCUT2D eigenvalue weighted by Gasteiger charge is -2.12. The highest BCUT2D eigenvalue weighted by atomic mass is 14.2. The predicted molar refractivity (Wildman–Crippen MR) is 96.1 cm³/mol. The fraction of sp³-hybridized carbons (Fsp3) is 0.0909. The van der Waals surface area contributed by atoms with Crippen LogP contribution in [0.5, 0.6) is 0 Å². The second-order valence-corrected chi connectivity index (χ2v) is 6.08. The predicted octanol–water partition coefficient (Wildman–Crippen LogP) is 4.08. The van der Waals surface area contributed by atoms with Crippen molar-refractivity contribution in [2.75, 3.05) is 0 Å². The Labute approximate surface area is 129 Å². The van der Waals surface area contributed by atoms with Gasteiger partial charge >= 0.3 is 0 Å². The normalized spacial score (nSPS) is 15.3. The smallest absolute Gasteiger partial charge is 0.00296 e. The molecular formula is C22H16. The fourth-order valence-corrected chi connectivity index (χ4v) is 3.93. The van der Waals surface area contributed by atoms with Gasteiger partial charge in [0.05, 0.1) is 0 Å². The van der Waals surface area contributed by atoms with E-state index in [4.69, 9.17) is 0 Å². The Hall–Kier alpha value is -2.60. The second-order valence-electron chi connectivity index (χ2n) is 6.08. The number of fused-ring (bicyclic) bond motifs is 2. The molecule has 22 heavy (non-hydrogen) atoms. The van der Waals surface area contributed by atoms with Crippen LogP contribution in [-0.2, 0) is 6.42 Å². The van der Waals surface area contributed by atoms with E-state index in [0.717, 1.165) is 12.8 Å². The van der Waals surface area contributed by atoms with E-state index in [9.17, 15) is 0 Å². The molecule has 0 radical (unpaired) electrons. The summed E-state index contributed by atoms with van der Waals surface area (Å²) in [5.74, 6) is 0. The van der Waals surface area contributed by atoms with E-state index >= 15 is 0 Å². The molecule has 2 aliphatic carbocycles. The molecule has 0 bridgehead atoms. The van der Waals surface area contributed by atoms with Gasteiger partial charge in [0.2, 0.25) is 0 Å². The Morgan fingerprint density at radius 1 is 0.818 bits per heavy atom. The van der Waals surface area contributed by atoms with Crippen molar-refractivity contribution in [3.05, 3.63) is 76.2 Å². The van der Waals surface area contributed by atoms with Crippen LogP contribution < -0.4 is 10.4 Å². The molecule has 0 heteroatoms. The van der Waals surface area contributed by atoms with Crippen LogP contribution in [0.4, 0.5) is 0 Å². The highest BCUT2D eigenvalue weighted by molar-refractivity contribution is 6.12. The molecule has 0 unspecified atom stereocenters. The number of rotatable bonds is 0. The van der Waals surface area contributed by atoms with E-state index < -0.39 is 0 Å². The monoisotopic (exact) mass is 280 g/mol. The van der Waals surface area contributed by atoms with Crippen molar-refractivity contribution < 1.29 is 0 Å². The number of hydrogen-bond acceptors (Lipinski definition) is 0. The van der Waals surface area contributed by atoms with Crippen LogP contribution in [0, 0.1) is 0 Å². The average Bonchev–Trinajstić information content (AvgIpc) is 2.90. The van der Waals surface area contributed by atoms with Crippen molar-refractivity contribution in [1.82, 2.24) is 0 Å². The standard InChI is InChI=1S/C22H16/c1-3-11-17-18-12-4-2-8-16-10-6-14-20(22(16)18)19-13-5-9-15(7-1)21(17)19/h1,3-6,8-14H,2,7H2. The van der Waals surface area contributed by atoms with Gasteiger partial charge in [0.25, 0.3) is 0 Å². The molecule has 0 saturated heterocycles. The van der Waals surface area contributed by atoms with Gasteiger partial charge in [-0.2, -0.15) is 0 Å². The third-order valence-corrected chi connectivity index (χ3v) is 4.86. The van der Waals surface area contributed by atoms with Gasteiger partial charge in [0.15, 0.2) is 0 Å². The summed E-state index contributed by atoms with van der Waals surface area (Å²) in [6.07, 6.45) is 15.7. The van der Waals surface area contributed by atoms with Crippen LogP contribution in [0.25, 0.3) is 39.8 Å². The van der Waals surface area contributed by atoms with E-state index in [1.54, 1.807) is 0 Å². The van der Waals surface area contributed by atoms with Crippen LogP contribution in [0.1, 0.15) is 17.5 Å². The summed E-state index contributed by atoms with van der Waals surface area (Å²) in [6.45, 7) is 0. The van der Waals surface area contributed by atoms with Crippen molar-refractivity contribution in [3.63, 3.8) is 0 Å². The van der Waals surface area contributed by atoms with Gasteiger partial charge in [0.1, 0.15) is 0 Å². The van der Waals surface area contributed by atoms with Gasteiger partial charge in [-0.15, -0.1) is 0 Å².